The standard InChI is InChI=1S/C22H27N3O/c26-22(21-6-2-1-5-20(21)18-11-12-23-15-18)24-19-9-7-17(8-10-19)16-25-13-3-4-14-25/h1-2,5-10,18,23H,3-4,11-16H2,(H,24,26)/t18-/m0/s1. The molecule has 0 unspecified atom stereocenters. The fraction of sp³-hybridized carbons (Fsp3) is 0.409. The first kappa shape index (κ1) is 17.3. The largest absolute Gasteiger partial charge is 0.322 e. The van der Waals surface area contributed by atoms with Crippen molar-refractivity contribution >= 4 is 11.6 Å². The molecule has 1 amide bonds. The molecule has 0 saturated carbocycles. The van der Waals surface area contributed by atoms with Crippen LogP contribution in [0.25, 0.3) is 0 Å². The molecule has 2 heterocycles. The van der Waals surface area contributed by atoms with E-state index in [-0.39, 0.29) is 5.91 Å². The lowest BCUT2D eigenvalue weighted by Gasteiger charge is -2.16. The van der Waals surface area contributed by atoms with Crippen molar-refractivity contribution in [1.29, 1.82) is 0 Å². The van der Waals surface area contributed by atoms with Gasteiger partial charge in [-0.15, -0.1) is 0 Å². The molecule has 4 rings (SSSR count). The maximum absolute atomic E-state index is 12.8. The number of hydrogen-bond acceptors (Lipinski definition) is 3. The van der Waals surface area contributed by atoms with Crippen molar-refractivity contribution in [1.82, 2.24) is 10.2 Å². The quantitative estimate of drug-likeness (QED) is 0.867. The summed E-state index contributed by atoms with van der Waals surface area (Å²) in [6.07, 6.45) is 3.71. The summed E-state index contributed by atoms with van der Waals surface area (Å²) >= 11 is 0. The molecule has 26 heavy (non-hydrogen) atoms. The van der Waals surface area contributed by atoms with Gasteiger partial charge in [0.05, 0.1) is 0 Å². The smallest absolute Gasteiger partial charge is 0.255 e. The van der Waals surface area contributed by atoms with Gasteiger partial charge in [-0.25, -0.2) is 0 Å². The number of anilines is 1. The molecule has 0 spiro atoms. The predicted octanol–water partition coefficient (Wildman–Crippen LogP) is 3.61. The number of carbonyl (C=O) groups excluding carboxylic acids is 1. The van der Waals surface area contributed by atoms with Crippen LogP contribution in [0.3, 0.4) is 0 Å². The number of nitrogens with zero attached hydrogens (tertiary/aromatic N) is 1. The Morgan fingerprint density at radius 1 is 1.08 bits per heavy atom. The summed E-state index contributed by atoms with van der Waals surface area (Å²) in [6, 6.07) is 16.3. The lowest BCUT2D eigenvalue weighted by Crippen LogP contribution is -2.18. The van der Waals surface area contributed by atoms with Crippen LogP contribution in [0.15, 0.2) is 48.5 Å². The van der Waals surface area contributed by atoms with Gasteiger partial charge in [-0.2, -0.15) is 0 Å². The van der Waals surface area contributed by atoms with E-state index in [0.29, 0.717) is 5.92 Å². The molecule has 2 saturated heterocycles. The normalized spacial score (nSPS) is 20.4. The first-order chi connectivity index (χ1) is 12.8. The lowest BCUT2D eigenvalue weighted by atomic mass is 9.93. The lowest BCUT2D eigenvalue weighted by molar-refractivity contribution is 0.102. The SMILES string of the molecule is O=C(Nc1ccc(CN2CCCC2)cc1)c1ccccc1[C@H]1CCNC1. The molecule has 0 bridgehead atoms. The van der Waals surface area contributed by atoms with Crippen molar-refractivity contribution in [3.05, 3.63) is 65.2 Å². The van der Waals surface area contributed by atoms with Crippen LogP contribution in [-0.2, 0) is 6.54 Å². The van der Waals surface area contributed by atoms with Gasteiger partial charge in [0.25, 0.3) is 5.91 Å². The van der Waals surface area contributed by atoms with Crippen LogP contribution < -0.4 is 10.6 Å². The Labute approximate surface area is 155 Å². The average Bonchev–Trinajstić information content (AvgIpc) is 3.37. The highest BCUT2D eigenvalue weighted by Gasteiger charge is 2.22. The number of rotatable bonds is 5. The Bertz CT molecular complexity index is 744. The molecular formula is C22H27N3O. The summed E-state index contributed by atoms with van der Waals surface area (Å²) in [6.45, 7) is 5.39. The van der Waals surface area contributed by atoms with Crippen LogP contribution in [0, 0.1) is 0 Å². The van der Waals surface area contributed by atoms with Crippen molar-refractivity contribution in [2.75, 3.05) is 31.5 Å². The van der Waals surface area contributed by atoms with Gasteiger partial charge in [0.1, 0.15) is 0 Å². The maximum Gasteiger partial charge on any atom is 0.255 e. The molecule has 0 radical (unpaired) electrons. The third kappa shape index (κ3) is 3.97. The molecule has 0 aliphatic carbocycles. The number of hydrogen-bond donors (Lipinski definition) is 2. The van der Waals surface area contributed by atoms with E-state index in [1.54, 1.807) is 0 Å². The number of likely N-dealkylation sites (tertiary alicyclic amines) is 1. The highest BCUT2D eigenvalue weighted by atomic mass is 16.1. The molecule has 2 aliphatic heterocycles. The van der Waals surface area contributed by atoms with Gasteiger partial charge in [0, 0.05) is 24.3 Å². The summed E-state index contributed by atoms with van der Waals surface area (Å²) in [7, 11) is 0. The summed E-state index contributed by atoms with van der Waals surface area (Å²) in [4.78, 5) is 15.3. The first-order valence-electron chi connectivity index (χ1n) is 9.72. The third-order valence-corrected chi connectivity index (χ3v) is 5.52. The van der Waals surface area contributed by atoms with Crippen LogP contribution in [0.5, 0.6) is 0 Å². The van der Waals surface area contributed by atoms with Gasteiger partial charge < -0.3 is 10.6 Å². The number of benzene rings is 2. The second-order valence-corrected chi connectivity index (χ2v) is 7.41. The third-order valence-electron chi connectivity index (χ3n) is 5.52. The van der Waals surface area contributed by atoms with Crippen LogP contribution in [0.4, 0.5) is 5.69 Å². The Hall–Kier alpha value is -2.17. The van der Waals surface area contributed by atoms with Crippen LogP contribution >= 0.6 is 0 Å². The van der Waals surface area contributed by atoms with E-state index in [0.717, 1.165) is 42.9 Å². The van der Waals surface area contributed by atoms with Gasteiger partial charge in [-0.05, 0) is 74.1 Å². The molecule has 2 N–H and O–H groups in total. The maximum atomic E-state index is 12.8. The van der Waals surface area contributed by atoms with E-state index >= 15 is 0 Å². The number of carbonyl (C=O) groups is 1. The highest BCUT2D eigenvalue weighted by molar-refractivity contribution is 6.05. The minimum atomic E-state index is -0.0141. The molecule has 2 aromatic rings. The molecule has 2 fully saturated rings. The minimum absolute atomic E-state index is 0.0141. The summed E-state index contributed by atoms with van der Waals surface area (Å²) in [5, 5.41) is 6.46. The Morgan fingerprint density at radius 2 is 1.85 bits per heavy atom. The Balaban J connectivity index is 1.43. The van der Waals surface area contributed by atoms with Gasteiger partial charge in [0.15, 0.2) is 0 Å². The second-order valence-electron chi connectivity index (χ2n) is 7.41. The fourth-order valence-corrected chi connectivity index (χ4v) is 4.07. The van der Waals surface area contributed by atoms with Crippen molar-refractivity contribution < 1.29 is 4.79 Å². The van der Waals surface area contributed by atoms with E-state index in [2.05, 4.69) is 33.7 Å². The van der Waals surface area contributed by atoms with Gasteiger partial charge in [0.2, 0.25) is 0 Å². The van der Waals surface area contributed by atoms with Crippen LogP contribution in [-0.4, -0.2) is 37.0 Å². The molecule has 4 nitrogen and oxygen atoms in total. The minimum Gasteiger partial charge on any atom is -0.322 e. The summed E-state index contributed by atoms with van der Waals surface area (Å²) < 4.78 is 0. The van der Waals surface area contributed by atoms with Crippen molar-refractivity contribution in [2.24, 2.45) is 0 Å². The van der Waals surface area contributed by atoms with Crippen molar-refractivity contribution in [2.45, 2.75) is 31.7 Å². The first-order valence-corrected chi connectivity index (χ1v) is 9.72. The van der Waals surface area contributed by atoms with E-state index in [1.165, 1.54) is 31.5 Å². The molecule has 1 atom stereocenters. The molecule has 136 valence electrons. The van der Waals surface area contributed by atoms with Gasteiger partial charge in [-0.1, -0.05) is 30.3 Å². The molecule has 2 aromatic carbocycles. The van der Waals surface area contributed by atoms with Crippen LogP contribution in [0.2, 0.25) is 0 Å². The second kappa shape index (κ2) is 8.02. The zero-order valence-electron chi connectivity index (χ0n) is 15.2. The number of amides is 1. The van der Waals surface area contributed by atoms with E-state index < -0.39 is 0 Å². The zero-order valence-corrected chi connectivity index (χ0v) is 15.2. The van der Waals surface area contributed by atoms with E-state index in [9.17, 15) is 4.79 Å². The summed E-state index contributed by atoms with van der Waals surface area (Å²) in [5.74, 6) is 0.416. The summed E-state index contributed by atoms with van der Waals surface area (Å²) in [5.41, 5.74) is 4.12. The topological polar surface area (TPSA) is 44.4 Å². The van der Waals surface area contributed by atoms with Crippen molar-refractivity contribution in [3.8, 4) is 0 Å². The van der Waals surface area contributed by atoms with Crippen molar-refractivity contribution in [3.63, 3.8) is 0 Å². The fourth-order valence-electron chi connectivity index (χ4n) is 4.07. The Kier molecular flexibility index (Phi) is 5.32. The highest BCUT2D eigenvalue weighted by Crippen LogP contribution is 2.26. The predicted molar refractivity (Wildman–Crippen MR) is 106 cm³/mol. The molecule has 0 aromatic heterocycles. The van der Waals surface area contributed by atoms with Crippen LogP contribution in [0.1, 0.15) is 46.7 Å². The zero-order chi connectivity index (χ0) is 17.8. The van der Waals surface area contributed by atoms with E-state index in [1.807, 2.05) is 30.3 Å². The Morgan fingerprint density at radius 3 is 2.58 bits per heavy atom. The molecular weight excluding hydrogens is 322 g/mol. The molecule has 2 aliphatic rings. The number of nitrogens with one attached hydrogen (secondary N) is 2. The average molecular weight is 349 g/mol. The van der Waals surface area contributed by atoms with Gasteiger partial charge in [-0.3, -0.25) is 9.69 Å². The van der Waals surface area contributed by atoms with Gasteiger partial charge >= 0.3 is 0 Å². The monoisotopic (exact) mass is 349 g/mol. The van der Waals surface area contributed by atoms with E-state index in [4.69, 9.17) is 0 Å². The molecule has 4 heteroatoms.